The van der Waals surface area contributed by atoms with Crippen LogP contribution in [0.4, 0.5) is 0 Å². The molecular weight excluding hydrogens is 156 g/mol. The maximum Gasteiger partial charge on any atom is 0.295 e. The second kappa shape index (κ2) is 8.05. The molecule has 0 aliphatic heterocycles. The minimum absolute atomic E-state index is 0.372. The molecule has 0 saturated heterocycles. The Labute approximate surface area is 72.7 Å². The smallest absolute Gasteiger partial charge is 0.295 e. The van der Waals surface area contributed by atoms with Crippen LogP contribution < -0.4 is 10.6 Å². The van der Waals surface area contributed by atoms with Crippen LogP contribution in [0.3, 0.4) is 0 Å². The van der Waals surface area contributed by atoms with Crippen molar-refractivity contribution in [1.29, 1.82) is 0 Å². The van der Waals surface area contributed by atoms with Crippen molar-refractivity contribution in [2.75, 3.05) is 33.4 Å². The Morgan fingerprint density at radius 3 is 2.83 bits per heavy atom. The van der Waals surface area contributed by atoms with Crippen LogP contribution in [0.15, 0.2) is 0 Å². The third-order valence-corrected chi connectivity index (χ3v) is 1.20. The maximum atomic E-state index is 10.5. The van der Waals surface area contributed by atoms with E-state index in [1.807, 2.05) is 5.92 Å². The van der Waals surface area contributed by atoms with Gasteiger partial charge in [-0.1, -0.05) is 0 Å². The van der Waals surface area contributed by atoms with Crippen molar-refractivity contribution >= 4 is 5.91 Å². The molecule has 4 heteroatoms. The number of nitrogens with one attached hydrogen (secondary N) is 2. The van der Waals surface area contributed by atoms with Crippen molar-refractivity contribution in [3.63, 3.8) is 0 Å². The summed E-state index contributed by atoms with van der Waals surface area (Å²) >= 11 is 0. The fourth-order valence-corrected chi connectivity index (χ4v) is 0.615. The predicted molar refractivity (Wildman–Crippen MR) is 46.6 cm³/mol. The summed E-state index contributed by atoms with van der Waals surface area (Å²) in [7, 11) is 1.64. The van der Waals surface area contributed by atoms with Gasteiger partial charge >= 0.3 is 0 Å². The van der Waals surface area contributed by atoms with Crippen LogP contribution >= 0.6 is 0 Å². The standard InChI is InChI=1S/C8H14N2O2/c1-3-8(11)10-5-4-9-6-7-12-2/h1,9H,4-7H2,2H3,(H,10,11). The molecule has 0 fully saturated rings. The lowest BCUT2D eigenvalue weighted by atomic mass is 10.5. The van der Waals surface area contributed by atoms with E-state index in [9.17, 15) is 4.79 Å². The van der Waals surface area contributed by atoms with Crippen molar-refractivity contribution in [2.24, 2.45) is 0 Å². The number of hydrogen-bond acceptors (Lipinski definition) is 3. The van der Waals surface area contributed by atoms with Gasteiger partial charge in [0.25, 0.3) is 5.91 Å². The Balaban J connectivity index is 3.02. The molecule has 0 aromatic carbocycles. The van der Waals surface area contributed by atoms with Gasteiger partial charge in [-0.15, -0.1) is 6.42 Å². The number of methoxy groups -OCH3 is 1. The summed E-state index contributed by atoms with van der Waals surface area (Å²) < 4.78 is 4.81. The number of carbonyl (C=O) groups excluding carboxylic acids is 1. The first-order valence-corrected chi connectivity index (χ1v) is 3.75. The molecule has 0 atom stereocenters. The van der Waals surface area contributed by atoms with Gasteiger partial charge in [0.15, 0.2) is 0 Å². The fourth-order valence-electron chi connectivity index (χ4n) is 0.615. The summed E-state index contributed by atoms with van der Waals surface area (Å²) in [6, 6.07) is 0. The molecule has 4 nitrogen and oxygen atoms in total. The van der Waals surface area contributed by atoms with Gasteiger partial charge in [-0.2, -0.15) is 0 Å². The quantitative estimate of drug-likeness (QED) is 0.396. The number of hydrogen-bond donors (Lipinski definition) is 2. The molecule has 0 aliphatic carbocycles. The number of carbonyl (C=O) groups is 1. The van der Waals surface area contributed by atoms with E-state index >= 15 is 0 Å². The summed E-state index contributed by atoms with van der Waals surface area (Å²) in [6.07, 6.45) is 4.83. The Bertz CT molecular complexity index is 163. The molecule has 12 heavy (non-hydrogen) atoms. The summed E-state index contributed by atoms with van der Waals surface area (Å²) in [5.41, 5.74) is 0. The van der Waals surface area contributed by atoms with Gasteiger partial charge in [-0.05, 0) is 5.92 Å². The molecule has 68 valence electrons. The van der Waals surface area contributed by atoms with Crippen molar-refractivity contribution < 1.29 is 9.53 Å². The predicted octanol–water partition coefficient (Wildman–Crippen LogP) is -1.03. The van der Waals surface area contributed by atoms with Crippen molar-refractivity contribution in [3.8, 4) is 12.3 Å². The van der Waals surface area contributed by atoms with Crippen LogP contribution in [0.2, 0.25) is 0 Å². The first-order chi connectivity index (χ1) is 5.81. The molecule has 0 aromatic rings. The highest BCUT2D eigenvalue weighted by Gasteiger charge is 1.91. The normalized spacial score (nSPS) is 9.00. The first-order valence-electron chi connectivity index (χ1n) is 3.75. The minimum Gasteiger partial charge on any atom is -0.383 e. The Morgan fingerprint density at radius 2 is 2.25 bits per heavy atom. The molecule has 2 N–H and O–H groups in total. The first kappa shape index (κ1) is 11.0. The zero-order valence-corrected chi connectivity index (χ0v) is 7.22. The molecule has 0 bridgehead atoms. The number of ether oxygens (including phenoxy) is 1. The highest BCUT2D eigenvalue weighted by molar-refractivity contribution is 5.92. The van der Waals surface area contributed by atoms with Gasteiger partial charge in [0, 0.05) is 26.7 Å². The highest BCUT2D eigenvalue weighted by Crippen LogP contribution is 1.64. The summed E-state index contributed by atoms with van der Waals surface area (Å²) in [6.45, 7) is 2.70. The van der Waals surface area contributed by atoms with Gasteiger partial charge in [0.2, 0.25) is 0 Å². The van der Waals surface area contributed by atoms with E-state index in [0.717, 1.165) is 6.54 Å². The Kier molecular flexibility index (Phi) is 7.35. The van der Waals surface area contributed by atoms with E-state index in [2.05, 4.69) is 10.6 Å². The van der Waals surface area contributed by atoms with E-state index in [0.29, 0.717) is 19.7 Å². The summed E-state index contributed by atoms with van der Waals surface area (Å²) in [5, 5.41) is 5.59. The zero-order valence-electron chi connectivity index (χ0n) is 7.22. The summed E-state index contributed by atoms with van der Waals surface area (Å²) in [5.74, 6) is 1.59. The third-order valence-electron chi connectivity index (χ3n) is 1.20. The molecule has 1 amide bonds. The van der Waals surface area contributed by atoms with Crippen LogP contribution in [0.25, 0.3) is 0 Å². The third kappa shape index (κ3) is 7.06. The molecular formula is C8H14N2O2. The maximum absolute atomic E-state index is 10.5. The van der Waals surface area contributed by atoms with Gasteiger partial charge in [-0.25, -0.2) is 0 Å². The van der Waals surface area contributed by atoms with Gasteiger partial charge in [-0.3, -0.25) is 4.79 Å². The molecule has 0 radical (unpaired) electrons. The average Bonchev–Trinajstić information content (AvgIpc) is 2.10. The SMILES string of the molecule is C#CC(=O)NCCNCCOC. The molecule has 0 heterocycles. The minimum atomic E-state index is -0.372. The molecule has 0 aromatic heterocycles. The topological polar surface area (TPSA) is 50.4 Å². The van der Waals surface area contributed by atoms with E-state index in [1.54, 1.807) is 7.11 Å². The van der Waals surface area contributed by atoms with Gasteiger partial charge in [0.1, 0.15) is 0 Å². The largest absolute Gasteiger partial charge is 0.383 e. The van der Waals surface area contributed by atoms with Gasteiger partial charge in [0.05, 0.1) is 6.61 Å². The number of terminal acetylenes is 1. The van der Waals surface area contributed by atoms with Crippen molar-refractivity contribution in [1.82, 2.24) is 10.6 Å². The highest BCUT2D eigenvalue weighted by atomic mass is 16.5. The molecule has 0 aliphatic rings. The molecule has 0 spiro atoms. The van der Waals surface area contributed by atoms with Crippen LogP contribution in [-0.4, -0.2) is 39.3 Å². The number of amides is 1. The summed E-state index contributed by atoms with van der Waals surface area (Å²) in [4.78, 5) is 10.5. The Morgan fingerprint density at radius 1 is 1.50 bits per heavy atom. The Hall–Kier alpha value is -1.05. The fraction of sp³-hybridized carbons (Fsp3) is 0.625. The number of rotatable bonds is 6. The average molecular weight is 170 g/mol. The van der Waals surface area contributed by atoms with Crippen LogP contribution in [0.1, 0.15) is 0 Å². The van der Waals surface area contributed by atoms with Crippen LogP contribution in [-0.2, 0) is 9.53 Å². The van der Waals surface area contributed by atoms with E-state index in [1.165, 1.54) is 0 Å². The monoisotopic (exact) mass is 170 g/mol. The second-order valence-electron chi connectivity index (χ2n) is 2.14. The van der Waals surface area contributed by atoms with E-state index in [4.69, 9.17) is 11.2 Å². The van der Waals surface area contributed by atoms with Crippen molar-refractivity contribution in [2.45, 2.75) is 0 Å². The lowest BCUT2D eigenvalue weighted by molar-refractivity contribution is -0.115. The van der Waals surface area contributed by atoms with E-state index < -0.39 is 0 Å². The lowest BCUT2D eigenvalue weighted by Gasteiger charge is -2.03. The van der Waals surface area contributed by atoms with Crippen LogP contribution in [0, 0.1) is 12.3 Å². The molecule has 0 rings (SSSR count). The zero-order chi connectivity index (χ0) is 9.23. The van der Waals surface area contributed by atoms with Crippen LogP contribution in [0.5, 0.6) is 0 Å². The lowest BCUT2D eigenvalue weighted by Crippen LogP contribution is -2.32. The van der Waals surface area contributed by atoms with Crippen molar-refractivity contribution in [3.05, 3.63) is 0 Å². The molecule has 0 saturated carbocycles. The van der Waals surface area contributed by atoms with E-state index in [-0.39, 0.29) is 5.91 Å². The molecule has 0 unspecified atom stereocenters. The second-order valence-corrected chi connectivity index (χ2v) is 2.14. The van der Waals surface area contributed by atoms with Gasteiger partial charge < -0.3 is 15.4 Å².